The van der Waals surface area contributed by atoms with Gasteiger partial charge < -0.3 is 10.1 Å². The molecule has 2 rings (SSSR count). The number of amides is 1. The van der Waals surface area contributed by atoms with Crippen LogP contribution in [-0.4, -0.2) is 23.6 Å². The predicted octanol–water partition coefficient (Wildman–Crippen LogP) is 4.33. The van der Waals surface area contributed by atoms with Gasteiger partial charge in [0.1, 0.15) is 12.3 Å². The molecule has 1 N–H and O–H groups in total. The van der Waals surface area contributed by atoms with Gasteiger partial charge in [0.15, 0.2) is 0 Å². The lowest BCUT2D eigenvalue weighted by Crippen LogP contribution is -2.33. The first-order valence-electron chi connectivity index (χ1n) is 6.72. The zero-order chi connectivity index (χ0) is 18.6. The van der Waals surface area contributed by atoms with Gasteiger partial charge in [0.25, 0.3) is 5.91 Å². The SMILES string of the molecule is O=C(NCC(F)(F)F)c1ccc(Oc2ccc(Cl)cc2[N+](=O)[O-])cc1. The van der Waals surface area contributed by atoms with Crippen molar-refractivity contribution in [3.05, 3.63) is 63.2 Å². The molecule has 0 atom stereocenters. The number of alkyl halides is 3. The third-order valence-corrected chi connectivity index (χ3v) is 3.15. The van der Waals surface area contributed by atoms with Gasteiger partial charge in [0.05, 0.1) is 4.92 Å². The van der Waals surface area contributed by atoms with E-state index < -0.39 is 23.6 Å². The van der Waals surface area contributed by atoms with Crippen molar-refractivity contribution in [1.82, 2.24) is 5.32 Å². The van der Waals surface area contributed by atoms with E-state index in [0.29, 0.717) is 0 Å². The van der Waals surface area contributed by atoms with E-state index in [4.69, 9.17) is 16.3 Å². The number of ether oxygens (including phenoxy) is 1. The maximum atomic E-state index is 12.1. The summed E-state index contributed by atoms with van der Waals surface area (Å²) in [5.41, 5.74) is -0.360. The van der Waals surface area contributed by atoms with Gasteiger partial charge in [-0.1, -0.05) is 11.6 Å². The Morgan fingerprint density at radius 3 is 2.40 bits per heavy atom. The van der Waals surface area contributed by atoms with Crippen LogP contribution in [0.2, 0.25) is 5.02 Å². The minimum Gasteiger partial charge on any atom is -0.450 e. The lowest BCUT2D eigenvalue weighted by molar-refractivity contribution is -0.385. The number of hydrogen-bond donors (Lipinski definition) is 1. The summed E-state index contributed by atoms with van der Waals surface area (Å²) in [6.45, 7) is -1.44. The number of halogens is 4. The van der Waals surface area contributed by atoms with E-state index in [1.165, 1.54) is 36.4 Å². The second-order valence-corrected chi connectivity index (χ2v) is 5.23. The first-order valence-corrected chi connectivity index (χ1v) is 7.10. The maximum absolute atomic E-state index is 12.1. The minimum absolute atomic E-state index is 0.0118. The van der Waals surface area contributed by atoms with Crippen molar-refractivity contribution in [3.63, 3.8) is 0 Å². The van der Waals surface area contributed by atoms with Crippen LogP contribution in [0.3, 0.4) is 0 Å². The maximum Gasteiger partial charge on any atom is 0.405 e. The predicted molar refractivity (Wildman–Crippen MR) is 83.0 cm³/mol. The van der Waals surface area contributed by atoms with Crippen molar-refractivity contribution < 1.29 is 27.6 Å². The van der Waals surface area contributed by atoms with Crippen LogP contribution in [-0.2, 0) is 0 Å². The first-order chi connectivity index (χ1) is 11.7. The summed E-state index contributed by atoms with van der Waals surface area (Å²) >= 11 is 5.70. The fourth-order valence-corrected chi connectivity index (χ4v) is 1.97. The number of carbonyl (C=O) groups is 1. The molecule has 2 aromatic carbocycles. The number of carbonyl (C=O) groups excluding carboxylic acids is 1. The Kier molecular flexibility index (Phi) is 5.48. The highest BCUT2D eigenvalue weighted by molar-refractivity contribution is 6.30. The van der Waals surface area contributed by atoms with Gasteiger partial charge in [0.2, 0.25) is 5.75 Å². The molecule has 0 aliphatic heterocycles. The third kappa shape index (κ3) is 5.35. The average Bonchev–Trinajstić information content (AvgIpc) is 2.54. The Hall–Kier alpha value is -2.81. The van der Waals surface area contributed by atoms with Crippen molar-refractivity contribution in [3.8, 4) is 11.5 Å². The number of rotatable bonds is 5. The van der Waals surface area contributed by atoms with E-state index >= 15 is 0 Å². The van der Waals surface area contributed by atoms with E-state index in [0.717, 1.165) is 6.07 Å². The Morgan fingerprint density at radius 2 is 1.84 bits per heavy atom. The highest BCUT2D eigenvalue weighted by Gasteiger charge is 2.27. The van der Waals surface area contributed by atoms with Gasteiger partial charge in [-0.25, -0.2) is 0 Å². The zero-order valence-corrected chi connectivity index (χ0v) is 13.1. The van der Waals surface area contributed by atoms with Crippen molar-refractivity contribution in [2.24, 2.45) is 0 Å². The minimum atomic E-state index is -4.51. The molecule has 10 heteroatoms. The summed E-state index contributed by atoms with van der Waals surface area (Å²) in [4.78, 5) is 21.9. The van der Waals surface area contributed by atoms with E-state index in [2.05, 4.69) is 0 Å². The van der Waals surface area contributed by atoms with Crippen LogP contribution in [0.5, 0.6) is 11.5 Å². The molecule has 2 aromatic rings. The van der Waals surface area contributed by atoms with Gasteiger partial charge in [-0.3, -0.25) is 14.9 Å². The van der Waals surface area contributed by atoms with Crippen LogP contribution in [0.4, 0.5) is 18.9 Å². The molecule has 0 spiro atoms. The number of nitro benzene ring substituents is 1. The molecule has 0 heterocycles. The number of nitrogens with one attached hydrogen (secondary N) is 1. The normalized spacial score (nSPS) is 11.0. The van der Waals surface area contributed by atoms with Gasteiger partial charge in [-0.15, -0.1) is 0 Å². The van der Waals surface area contributed by atoms with Crippen molar-refractivity contribution in [1.29, 1.82) is 0 Å². The molecule has 1 amide bonds. The summed E-state index contributed by atoms with van der Waals surface area (Å²) in [6.07, 6.45) is -4.51. The Morgan fingerprint density at radius 1 is 1.20 bits per heavy atom. The van der Waals surface area contributed by atoms with Gasteiger partial charge >= 0.3 is 11.9 Å². The first kappa shape index (κ1) is 18.5. The molecule has 0 saturated carbocycles. The molecule has 25 heavy (non-hydrogen) atoms. The fraction of sp³-hybridized carbons (Fsp3) is 0.133. The lowest BCUT2D eigenvalue weighted by Gasteiger charge is -2.09. The molecule has 0 saturated heterocycles. The standard InChI is InChI=1S/C15H10ClF3N2O4/c16-10-3-6-13(12(7-10)21(23)24)25-11-4-1-9(2-5-11)14(22)20-8-15(17,18)19/h1-7H,8H2,(H,20,22). The molecular formula is C15H10ClF3N2O4. The summed E-state index contributed by atoms with van der Waals surface area (Å²) in [5, 5.41) is 12.9. The van der Waals surface area contributed by atoms with E-state index in [9.17, 15) is 28.1 Å². The lowest BCUT2D eigenvalue weighted by atomic mass is 10.2. The molecule has 0 radical (unpaired) electrons. The smallest absolute Gasteiger partial charge is 0.405 e. The fourth-order valence-electron chi connectivity index (χ4n) is 1.80. The number of benzene rings is 2. The topological polar surface area (TPSA) is 81.5 Å². The average molecular weight is 375 g/mol. The monoisotopic (exact) mass is 374 g/mol. The van der Waals surface area contributed by atoms with Crippen LogP contribution in [0.25, 0.3) is 0 Å². The van der Waals surface area contributed by atoms with Gasteiger partial charge in [-0.2, -0.15) is 13.2 Å². The van der Waals surface area contributed by atoms with Crippen molar-refractivity contribution in [2.45, 2.75) is 6.18 Å². The molecule has 6 nitrogen and oxygen atoms in total. The Labute approximate surface area is 144 Å². The summed E-state index contributed by atoms with van der Waals surface area (Å²) < 4.78 is 41.6. The second-order valence-electron chi connectivity index (χ2n) is 4.79. The molecule has 132 valence electrons. The van der Waals surface area contributed by atoms with Crippen molar-refractivity contribution >= 4 is 23.2 Å². The van der Waals surface area contributed by atoms with E-state index in [1.54, 1.807) is 5.32 Å². The molecule has 0 unspecified atom stereocenters. The summed E-state index contributed by atoms with van der Waals surface area (Å²) in [5.74, 6) is -0.803. The van der Waals surface area contributed by atoms with Crippen LogP contribution in [0.15, 0.2) is 42.5 Å². The highest BCUT2D eigenvalue weighted by atomic mass is 35.5. The van der Waals surface area contributed by atoms with Crippen LogP contribution < -0.4 is 10.1 Å². The molecule has 0 aliphatic carbocycles. The van der Waals surface area contributed by atoms with Gasteiger partial charge in [-0.05, 0) is 36.4 Å². The van der Waals surface area contributed by atoms with Crippen LogP contribution in [0.1, 0.15) is 10.4 Å². The number of nitrogens with zero attached hydrogens (tertiary/aromatic N) is 1. The van der Waals surface area contributed by atoms with E-state index in [1.807, 2.05) is 0 Å². The molecule has 0 fully saturated rings. The molecule has 0 bridgehead atoms. The summed E-state index contributed by atoms with van der Waals surface area (Å²) in [7, 11) is 0. The van der Waals surface area contributed by atoms with Gasteiger partial charge in [0, 0.05) is 16.7 Å². The highest BCUT2D eigenvalue weighted by Crippen LogP contribution is 2.33. The Balaban J connectivity index is 2.11. The van der Waals surface area contributed by atoms with E-state index in [-0.39, 0.29) is 27.8 Å². The number of hydrogen-bond acceptors (Lipinski definition) is 4. The largest absolute Gasteiger partial charge is 0.450 e. The van der Waals surface area contributed by atoms with Crippen LogP contribution in [0, 0.1) is 10.1 Å². The Bertz CT molecular complexity index is 794. The molecule has 0 aliphatic rings. The third-order valence-electron chi connectivity index (χ3n) is 2.91. The molecule has 0 aromatic heterocycles. The number of nitro groups is 1. The zero-order valence-electron chi connectivity index (χ0n) is 12.3. The van der Waals surface area contributed by atoms with Crippen molar-refractivity contribution in [2.75, 3.05) is 6.54 Å². The summed E-state index contributed by atoms with van der Waals surface area (Å²) in [6, 6.07) is 8.93. The van der Waals surface area contributed by atoms with Crippen LogP contribution >= 0.6 is 11.6 Å². The molecular weight excluding hydrogens is 365 g/mol. The second kappa shape index (κ2) is 7.39. The quantitative estimate of drug-likeness (QED) is 0.623.